The van der Waals surface area contributed by atoms with Gasteiger partial charge in [0.15, 0.2) is 17.3 Å². The zero-order valence-corrected chi connectivity index (χ0v) is 17.7. The van der Waals surface area contributed by atoms with Gasteiger partial charge in [-0.2, -0.15) is 0 Å². The summed E-state index contributed by atoms with van der Waals surface area (Å²) >= 11 is 0. The molecule has 12 nitrogen and oxygen atoms in total. The maximum atomic E-state index is 13.0. The first-order valence-corrected chi connectivity index (χ1v) is 10.0. The lowest BCUT2D eigenvalue weighted by molar-refractivity contribution is -0.277. The van der Waals surface area contributed by atoms with E-state index in [4.69, 9.17) is 18.6 Å². The molecular weight excluding hydrogens is 456 g/mol. The number of aliphatic hydroxyl groups is 4. The smallest absolute Gasteiger partial charge is 0.239 e. The highest BCUT2D eigenvalue weighted by molar-refractivity contribution is 5.88. The van der Waals surface area contributed by atoms with E-state index in [1.54, 1.807) is 0 Å². The summed E-state index contributed by atoms with van der Waals surface area (Å²) in [7, 11) is 1.22. The average Bonchev–Trinajstić information content (AvgIpc) is 2.80. The highest BCUT2D eigenvalue weighted by Crippen LogP contribution is 2.38. The summed E-state index contributed by atoms with van der Waals surface area (Å²) in [6.07, 6.45) is -7.71. The lowest BCUT2D eigenvalue weighted by atomic mass is 9.99. The normalized spacial score (nSPS) is 24.8. The minimum atomic E-state index is -1.70. The third kappa shape index (κ3) is 3.97. The van der Waals surface area contributed by atoms with Gasteiger partial charge in [-0.25, -0.2) is 0 Å². The van der Waals surface area contributed by atoms with E-state index in [9.17, 15) is 40.5 Å². The van der Waals surface area contributed by atoms with Gasteiger partial charge in [-0.15, -0.1) is 0 Å². The zero-order valence-electron chi connectivity index (χ0n) is 17.7. The van der Waals surface area contributed by atoms with Crippen molar-refractivity contribution in [2.45, 2.75) is 30.7 Å². The Kier molecular flexibility index (Phi) is 6.25. The molecule has 34 heavy (non-hydrogen) atoms. The van der Waals surface area contributed by atoms with Crippen LogP contribution in [-0.4, -0.2) is 80.2 Å². The average molecular weight is 478 g/mol. The molecule has 1 saturated heterocycles. The first kappa shape index (κ1) is 23.6. The molecule has 2 heterocycles. The molecule has 0 amide bonds. The molecule has 7 N–H and O–H groups in total. The lowest BCUT2D eigenvalue weighted by Crippen LogP contribution is -2.60. The van der Waals surface area contributed by atoms with Crippen LogP contribution in [0.5, 0.6) is 28.7 Å². The number of aliphatic hydroxyl groups excluding tert-OH is 4. The van der Waals surface area contributed by atoms with Crippen molar-refractivity contribution in [1.29, 1.82) is 0 Å². The number of phenolic OH excluding ortho intramolecular Hbond substituents is 3. The van der Waals surface area contributed by atoms with E-state index < -0.39 is 60.0 Å². The van der Waals surface area contributed by atoms with E-state index >= 15 is 0 Å². The number of fused-ring (bicyclic) bond motifs is 1. The van der Waals surface area contributed by atoms with Crippen molar-refractivity contribution >= 4 is 11.0 Å². The second-order valence-corrected chi connectivity index (χ2v) is 7.63. The molecule has 0 spiro atoms. The number of methoxy groups -OCH3 is 1. The van der Waals surface area contributed by atoms with E-state index in [0.29, 0.717) is 0 Å². The molecule has 0 saturated carbocycles. The number of benzene rings is 2. The van der Waals surface area contributed by atoms with Crippen molar-refractivity contribution < 1.29 is 54.4 Å². The Hall–Kier alpha value is -3.55. The first-order chi connectivity index (χ1) is 16.2. The molecule has 2 aromatic carbocycles. The van der Waals surface area contributed by atoms with E-state index in [1.807, 2.05) is 0 Å². The van der Waals surface area contributed by atoms with Crippen molar-refractivity contribution in [3.05, 3.63) is 40.6 Å². The van der Waals surface area contributed by atoms with Crippen molar-refractivity contribution in [2.24, 2.45) is 0 Å². The molecule has 1 aliphatic rings. The second-order valence-electron chi connectivity index (χ2n) is 7.63. The van der Waals surface area contributed by atoms with Crippen molar-refractivity contribution in [2.75, 3.05) is 13.7 Å². The molecule has 0 aliphatic carbocycles. The van der Waals surface area contributed by atoms with Crippen molar-refractivity contribution in [1.82, 2.24) is 0 Å². The van der Waals surface area contributed by atoms with Crippen LogP contribution in [0.15, 0.2) is 39.5 Å². The zero-order chi connectivity index (χ0) is 24.7. The molecule has 1 aliphatic heterocycles. The van der Waals surface area contributed by atoms with Crippen LogP contribution >= 0.6 is 0 Å². The van der Waals surface area contributed by atoms with Crippen LogP contribution in [0.25, 0.3) is 22.3 Å². The fraction of sp³-hybridized carbons (Fsp3) is 0.318. The van der Waals surface area contributed by atoms with Crippen LogP contribution in [0.2, 0.25) is 0 Å². The van der Waals surface area contributed by atoms with E-state index in [1.165, 1.54) is 25.3 Å². The van der Waals surface area contributed by atoms with E-state index in [2.05, 4.69) is 0 Å². The molecule has 182 valence electrons. The van der Waals surface area contributed by atoms with E-state index in [0.717, 1.165) is 12.1 Å². The monoisotopic (exact) mass is 478 g/mol. The molecule has 1 fully saturated rings. The van der Waals surface area contributed by atoms with Gasteiger partial charge < -0.3 is 54.4 Å². The number of phenols is 3. The minimum absolute atomic E-state index is 0.111. The Morgan fingerprint density at radius 1 is 0.941 bits per heavy atom. The second kappa shape index (κ2) is 9.00. The van der Waals surface area contributed by atoms with Crippen LogP contribution < -0.4 is 14.9 Å². The first-order valence-electron chi connectivity index (χ1n) is 10.0. The van der Waals surface area contributed by atoms with Gasteiger partial charge in [0, 0.05) is 17.7 Å². The number of hydrogen-bond donors (Lipinski definition) is 7. The van der Waals surface area contributed by atoms with Crippen LogP contribution in [0, 0.1) is 0 Å². The van der Waals surface area contributed by atoms with Crippen molar-refractivity contribution in [3.8, 4) is 40.1 Å². The molecule has 5 atom stereocenters. The molecule has 2 unspecified atom stereocenters. The Bertz CT molecular complexity index is 1270. The molecule has 4 rings (SSSR count). The van der Waals surface area contributed by atoms with Gasteiger partial charge in [-0.3, -0.25) is 4.79 Å². The fourth-order valence-corrected chi connectivity index (χ4v) is 3.66. The summed E-state index contributed by atoms with van der Waals surface area (Å²) in [6, 6.07) is 5.96. The molecule has 12 heteroatoms. The van der Waals surface area contributed by atoms with E-state index in [-0.39, 0.29) is 33.8 Å². The Morgan fingerprint density at radius 2 is 1.68 bits per heavy atom. The van der Waals surface area contributed by atoms with Crippen molar-refractivity contribution in [3.63, 3.8) is 0 Å². The number of ether oxygens (including phenoxy) is 3. The topological polar surface area (TPSA) is 200 Å². The number of rotatable bonds is 5. The summed E-state index contributed by atoms with van der Waals surface area (Å²) in [4.78, 5) is 13.0. The summed E-state index contributed by atoms with van der Waals surface area (Å²) in [5.74, 6) is -1.93. The maximum absolute atomic E-state index is 13.0. The van der Waals surface area contributed by atoms with Gasteiger partial charge in [-0.05, 0) is 18.2 Å². The van der Waals surface area contributed by atoms with Crippen LogP contribution in [-0.2, 0) is 4.74 Å². The van der Waals surface area contributed by atoms with Gasteiger partial charge in [0.25, 0.3) is 0 Å². The van der Waals surface area contributed by atoms with Crippen LogP contribution in [0.4, 0.5) is 0 Å². The van der Waals surface area contributed by atoms with Crippen LogP contribution in [0.3, 0.4) is 0 Å². The highest BCUT2D eigenvalue weighted by atomic mass is 16.7. The summed E-state index contributed by atoms with van der Waals surface area (Å²) in [5.41, 5.74) is -0.706. The molecule has 1 aromatic heterocycles. The van der Waals surface area contributed by atoms with Gasteiger partial charge >= 0.3 is 0 Å². The lowest BCUT2D eigenvalue weighted by Gasteiger charge is -2.39. The quantitative estimate of drug-likeness (QED) is 0.238. The van der Waals surface area contributed by atoms with Gasteiger partial charge in [0.2, 0.25) is 17.5 Å². The maximum Gasteiger partial charge on any atom is 0.239 e. The predicted octanol–water partition coefficient (Wildman–Crippen LogP) is -0.236. The summed E-state index contributed by atoms with van der Waals surface area (Å²) < 4.78 is 21.7. The Balaban J connectivity index is 1.79. The van der Waals surface area contributed by atoms with Gasteiger partial charge in [0.1, 0.15) is 46.9 Å². The molecule has 0 radical (unpaired) electrons. The summed E-state index contributed by atoms with van der Waals surface area (Å²) in [5, 5.41) is 69.0. The largest absolute Gasteiger partial charge is 0.507 e. The van der Waals surface area contributed by atoms with Gasteiger partial charge in [-0.1, -0.05) is 0 Å². The third-order valence-corrected chi connectivity index (χ3v) is 5.45. The summed E-state index contributed by atoms with van der Waals surface area (Å²) in [6.45, 7) is -0.661. The number of hydrogen-bond acceptors (Lipinski definition) is 12. The Labute approximate surface area is 191 Å². The van der Waals surface area contributed by atoms with Crippen LogP contribution in [0.1, 0.15) is 0 Å². The molecule has 3 aromatic rings. The highest BCUT2D eigenvalue weighted by Gasteiger charge is 2.44. The van der Waals surface area contributed by atoms with Gasteiger partial charge in [0.05, 0.1) is 13.7 Å². The predicted molar refractivity (Wildman–Crippen MR) is 114 cm³/mol. The SMILES string of the molecule is COc1c(-c2ccc(O)c(O)c2)oc2cc(O[C@@H]3OC(CO)[C@H](O)C(O)[C@@H]3O)cc(O)c2c1=O. The fourth-order valence-electron chi connectivity index (χ4n) is 3.66. The third-order valence-electron chi connectivity index (χ3n) is 5.45. The number of aromatic hydroxyl groups is 3. The standard InChI is InChI=1S/C22H22O12/c1-31-21-17(28)15-12(26)5-9(32-22-19(30)18(29)16(27)14(7-23)34-22)6-13(15)33-20(21)8-2-3-10(24)11(25)4-8/h2-6,14,16,18-19,22-27,29-30H,7H2,1H3/t14?,16-,18?,19-,22+/m0/s1. The Morgan fingerprint density at radius 3 is 2.32 bits per heavy atom. The molecule has 0 bridgehead atoms. The minimum Gasteiger partial charge on any atom is -0.507 e. The molecular formula is C22H22O12.